The van der Waals surface area contributed by atoms with Crippen molar-refractivity contribution >= 4 is 32.6 Å². The Kier molecular flexibility index (Phi) is 3.24. The predicted octanol–water partition coefficient (Wildman–Crippen LogP) is 12.1. The van der Waals surface area contributed by atoms with Crippen LogP contribution in [0.2, 0.25) is 0 Å². The van der Waals surface area contributed by atoms with E-state index < -0.39 is 124 Å². The summed E-state index contributed by atoms with van der Waals surface area (Å²) >= 11 is 0. The Morgan fingerprint density at radius 1 is 0.510 bits per heavy atom. The van der Waals surface area contributed by atoms with Crippen LogP contribution in [-0.2, 0) is 5.41 Å². The molecule has 11 rings (SSSR count). The molecule has 0 saturated heterocycles. The minimum Gasteiger partial charge on any atom is -0.457 e. The van der Waals surface area contributed by atoms with Gasteiger partial charge in [-0.2, -0.15) is 0 Å². The Bertz CT molecular complexity index is 3590. The van der Waals surface area contributed by atoms with Crippen molar-refractivity contribution in [2.24, 2.45) is 0 Å². The zero-order valence-electron chi connectivity index (χ0n) is 40.4. The maximum absolute atomic E-state index is 10.2. The van der Waals surface area contributed by atoms with Gasteiger partial charge in [0.15, 0.2) is 0 Å². The summed E-state index contributed by atoms with van der Waals surface area (Å²) in [5.41, 5.74) is -2.17. The number of ether oxygens (including phenoxy) is 1. The number of para-hydroxylation sites is 2. The van der Waals surface area contributed by atoms with Crippen LogP contribution >= 0.6 is 0 Å². The number of fused-ring (bicyclic) bond motifs is 14. The second kappa shape index (κ2) is 9.82. The van der Waals surface area contributed by atoms with Gasteiger partial charge >= 0.3 is 0 Å². The molecule has 0 bridgehead atoms. The molecule has 49 heavy (non-hydrogen) atoms. The van der Waals surface area contributed by atoms with Crippen LogP contribution in [0.4, 0.5) is 0 Å². The number of rotatable bonds is 2. The van der Waals surface area contributed by atoms with Crippen LogP contribution in [0.3, 0.4) is 0 Å². The summed E-state index contributed by atoms with van der Waals surface area (Å²) in [5, 5.41) is 3.55. The molecule has 228 valence electrons. The monoisotopic (exact) mass is 638 g/mol. The Balaban J connectivity index is 1.34. The standard InChI is InChI=1S/C47H29NO/c1-2-13-33(14-3-1)48-43-26-23-31(28-38(43)37-25-22-30-12-4-5-15-34(30)46(37)48)32-24-27-45-42(29-32)47(41-20-10-11-21-44(41)49-45)39-18-8-6-16-35(39)36-17-7-9-19-40(36)47/h1-29H/i6D,7D,8D,9D,10D,11D,16D,17D,18D,19D,20D,21D,24D,27D,29D. The molecule has 2 aliphatic rings. The molecule has 2 heteroatoms. The van der Waals surface area contributed by atoms with Crippen LogP contribution < -0.4 is 4.74 Å². The average Bonchev–Trinajstić information content (AvgIpc) is 3.80. The maximum atomic E-state index is 10.2. The molecule has 0 saturated carbocycles. The number of nitrogens with zero attached hydrogens (tertiary/aromatic N) is 1. The molecule has 9 aromatic rings. The third kappa shape index (κ3) is 3.50. The Hall–Kier alpha value is -6.38. The van der Waals surface area contributed by atoms with Crippen molar-refractivity contribution in [2.45, 2.75) is 5.41 Å². The van der Waals surface area contributed by atoms with Crippen molar-refractivity contribution in [2.75, 3.05) is 0 Å². The molecule has 1 aromatic heterocycles. The molecule has 1 aliphatic carbocycles. The van der Waals surface area contributed by atoms with Crippen molar-refractivity contribution in [3.63, 3.8) is 0 Å². The van der Waals surface area contributed by atoms with Crippen LogP contribution in [0.25, 0.3) is 60.5 Å². The van der Waals surface area contributed by atoms with Gasteiger partial charge in [0.25, 0.3) is 0 Å². The van der Waals surface area contributed by atoms with E-state index >= 15 is 0 Å². The second-order valence-electron chi connectivity index (χ2n) is 12.1. The number of hydrogen-bond acceptors (Lipinski definition) is 1. The van der Waals surface area contributed by atoms with Gasteiger partial charge in [-0.25, -0.2) is 0 Å². The SMILES string of the molecule is [2H]c1c([2H])c([2H])c2c(c1[2H])Oc1c([2H])c([2H])c(-c3ccc4c(c3)c3ccc5ccccc5c3n4-c3ccccc3)c([2H])c1C21c2c([2H])c([2H])c([2H])c([2H])c2-c2c([2H])c([2H])c([2H])c([2H])c21. The van der Waals surface area contributed by atoms with Gasteiger partial charge in [-0.3, -0.25) is 0 Å². The van der Waals surface area contributed by atoms with E-state index in [9.17, 15) is 11.0 Å². The van der Waals surface area contributed by atoms with Gasteiger partial charge in [0.1, 0.15) is 11.5 Å². The van der Waals surface area contributed by atoms with Crippen LogP contribution in [0.1, 0.15) is 42.8 Å². The molecule has 1 spiro atoms. The van der Waals surface area contributed by atoms with Crippen molar-refractivity contribution in [3.05, 3.63) is 198 Å². The summed E-state index contributed by atoms with van der Waals surface area (Å²) in [4.78, 5) is 0. The van der Waals surface area contributed by atoms with Crippen LogP contribution in [0.15, 0.2) is 176 Å². The smallest absolute Gasteiger partial charge is 0.132 e. The van der Waals surface area contributed by atoms with Crippen molar-refractivity contribution < 1.29 is 25.3 Å². The highest BCUT2D eigenvalue weighted by atomic mass is 16.5. The van der Waals surface area contributed by atoms with Gasteiger partial charge in [0.2, 0.25) is 0 Å². The molecule has 0 unspecified atom stereocenters. The highest BCUT2D eigenvalue weighted by molar-refractivity contribution is 6.19. The predicted molar refractivity (Wildman–Crippen MR) is 201 cm³/mol. The summed E-state index contributed by atoms with van der Waals surface area (Å²) < 4.78 is 146. The first-order valence-electron chi connectivity index (χ1n) is 23.2. The number of benzene rings is 8. The van der Waals surface area contributed by atoms with Gasteiger partial charge in [-0.05, 0) is 81.2 Å². The van der Waals surface area contributed by atoms with Crippen LogP contribution in [0.5, 0.6) is 11.5 Å². The maximum Gasteiger partial charge on any atom is 0.132 e. The normalized spacial score (nSPS) is 17.9. The van der Waals surface area contributed by atoms with E-state index in [0.717, 1.165) is 38.3 Å². The zero-order chi connectivity index (χ0) is 45.2. The molecule has 0 atom stereocenters. The molecule has 1 aliphatic heterocycles. The minimum absolute atomic E-state index is 0.129. The topological polar surface area (TPSA) is 14.2 Å². The molecular weight excluding hydrogens is 595 g/mol. The number of aromatic nitrogens is 1. The lowest BCUT2D eigenvalue weighted by atomic mass is 9.66. The van der Waals surface area contributed by atoms with Crippen LogP contribution in [-0.4, -0.2) is 4.57 Å². The lowest BCUT2D eigenvalue weighted by Crippen LogP contribution is -2.32. The Labute approximate surface area is 305 Å². The van der Waals surface area contributed by atoms with Gasteiger partial charge in [-0.15, -0.1) is 0 Å². The van der Waals surface area contributed by atoms with Crippen molar-refractivity contribution in [1.82, 2.24) is 4.57 Å². The number of hydrogen-bond donors (Lipinski definition) is 0. The van der Waals surface area contributed by atoms with E-state index in [-0.39, 0.29) is 22.3 Å². The third-order valence-electron chi connectivity index (χ3n) is 9.72. The summed E-state index contributed by atoms with van der Waals surface area (Å²) in [6.45, 7) is 0. The molecule has 2 nitrogen and oxygen atoms in total. The summed E-state index contributed by atoms with van der Waals surface area (Å²) in [6.07, 6.45) is 0. The van der Waals surface area contributed by atoms with Gasteiger partial charge in [-0.1, -0.05) is 133 Å². The van der Waals surface area contributed by atoms with Crippen molar-refractivity contribution in [3.8, 4) is 39.4 Å². The lowest BCUT2D eigenvalue weighted by molar-refractivity contribution is 0.436. The Morgan fingerprint density at radius 2 is 1.20 bits per heavy atom. The lowest BCUT2D eigenvalue weighted by Gasteiger charge is -2.39. The first-order valence-corrected chi connectivity index (χ1v) is 15.7. The van der Waals surface area contributed by atoms with E-state index in [4.69, 9.17) is 14.3 Å². The average molecular weight is 639 g/mol. The largest absolute Gasteiger partial charge is 0.457 e. The van der Waals surface area contributed by atoms with Crippen molar-refractivity contribution in [1.29, 1.82) is 0 Å². The first-order chi connectivity index (χ1) is 30.5. The molecule has 0 amide bonds. The molecule has 0 fully saturated rings. The minimum atomic E-state index is -2.54. The summed E-state index contributed by atoms with van der Waals surface area (Å²) in [5.74, 6) is -1.12. The molecule has 0 N–H and O–H groups in total. The van der Waals surface area contributed by atoms with E-state index in [0.29, 0.717) is 5.56 Å². The molecule has 0 radical (unpaired) electrons. The fourth-order valence-electron chi connectivity index (χ4n) is 7.72. The van der Waals surface area contributed by atoms with Gasteiger partial charge in [0.05, 0.1) is 37.0 Å². The molecular formula is C47H29NO. The quantitative estimate of drug-likeness (QED) is 0.184. The fourth-order valence-corrected chi connectivity index (χ4v) is 7.72. The highest BCUT2D eigenvalue weighted by Crippen LogP contribution is 2.62. The van der Waals surface area contributed by atoms with E-state index in [1.807, 2.05) is 72.8 Å². The first kappa shape index (κ1) is 16.1. The highest BCUT2D eigenvalue weighted by Gasteiger charge is 2.51. The van der Waals surface area contributed by atoms with E-state index in [1.165, 1.54) is 0 Å². The molecule has 8 aromatic carbocycles. The summed E-state index contributed by atoms with van der Waals surface area (Å²) in [7, 11) is 0. The Morgan fingerprint density at radius 3 is 2.02 bits per heavy atom. The third-order valence-corrected chi connectivity index (χ3v) is 9.72. The van der Waals surface area contributed by atoms with Crippen LogP contribution in [0, 0.1) is 0 Å². The van der Waals surface area contributed by atoms with Gasteiger partial charge in [0, 0.05) is 33.0 Å². The van der Waals surface area contributed by atoms with Gasteiger partial charge < -0.3 is 9.30 Å². The molecule has 2 heterocycles. The second-order valence-corrected chi connectivity index (χ2v) is 12.1. The summed E-state index contributed by atoms with van der Waals surface area (Å²) in [6, 6.07) is 16.5. The van der Waals surface area contributed by atoms with E-state index in [1.54, 1.807) is 12.1 Å². The van der Waals surface area contributed by atoms with E-state index in [2.05, 4.69) is 4.57 Å². The zero-order valence-corrected chi connectivity index (χ0v) is 25.4. The fraction of sp³-hybridized carbons (Fsp3) is 0.0213.